The molecule has 3 aromatic carbocycles. The number of aromatic nitrogens is 2. The summed E-state index contributed by atoms with van der Waals surface area (Å²) in [6.07, 6.45) is 12.8. The summed E-state index contributed by atoms with van der Waals surface area (Å²) >= 11 is 0. The van der Waals surface area contributed by atoms with Gasteiger partial charge in [-0.1, -0.05) is 52.0 Å². The number of hydrogen-bond donors (Lipinski definition) is 3. The minimum Gasteiger partial charge on any atom is -0.489 e. The molecule has 5 aromatic rings. The molecule has 2 aromatic heterocycles. The Morgan fingerprint density at radius 2 is 1.73 bits per heavy atom. The van der Waals surface area contributed by atoms with Crippen LogP contribution in [0.25, 0.3) is 11.0 Å². The van der Waals surface area contributed by atoms with Gasteiger partial charge in [0, 0.05) is 60.6 Å². The number of anilines is 2. The number of hydrogen-bond acceptors (Lipinski definition) is 11. The van der Waals surface area contributed by atoms with Crippen molar-refractivity contribution in [3.63, 3.8) is 0 Å². The van der Waals surface area contributed by atoms with Gasteiger partial charge < -0.3 is 24.7 Å². The number of benzene rings is 3. The summed E-state index contributed by atoms with van der Waals surface area (Å²) in [5.74, 6) is 0.457. The molecular weight excluding hydrogens is 867 g/mol. The lowest BCUT2D eigenvalue weighted by atomic mass is 9.59. The van der Waals surface area contributed by atoms with Crippen LogP contribution in [0.15, 0.2) is 77.8 Å². The summed E-state index contributed by atoms with van der Waals surface area (Å²) in [5.41, 5.74) is 5.35. The molecule has 4 fully saturated rings. The Morgan fingerprint density at radius 1 is 0.970 bits per heavy atom. The largest absolute Gasteiger partial charge is 0.489 e. The molecule has 1 amide bonds. The van der Waals surface area contributed by atoms with Crippen molar-refractivity contribution in [2.45, 2.75) is 128 Å². The van der Waals surface area contributed by atoms with Crippen LogP contribution in [0.1, 0.15) is 131 Å². The summed E-state index contributed by atoms with van der Waals surface area (Å²) in [5, 5.41) is 16.6. The molecule has 10 rings (SSSR count). The number of aromatic amines is 1. The van der Waals surface area contributed by atoms with Crippen molar-refractivity contribution in [1.29, 1.82) is 0 Å². The van der Waals surface area contributed by atoms with E-state index in [1.165, 1.54) is 42.9 Å². The molecule has 5 aliphatic rings. The first-order valence-corrected chi connectivity index (χ1v) is 25.7. The van der Waals surface area contributed by atoms with Gasteiger partial charge in [0.05, 0.1) is 27.1 Å². The zero-order chi connectivity index (χ0) is 46.8. The second-order valence-electron chi connectivity index (χ2n) is 21.1. The molecule has 0 unspecified atom stereocenters. The highest BCUT2D eigenvalue weighted by molar-refractivity contribution is 7.90. The van der Waals surface area contributed by atoms with Gasteiger partial charge in [-0.2, -0.15) is 0 Å². The van der Waals surface area contributed by atoms with Crippen LogP contribution in [0.4, 0.5) is 17.1 Å². The summed E-state index contributed by atoms with van der Waals surface area (Å²) < 4.78 is 42.8. The molecule has 1 spiro atoms. The molecular formula is C52H63N7O7S. The molecule has 5 heterocycles. The zero-order valence-corrected chi connectivity index (χ0v) is 40.1. The van der Waals surface area contributed by atoms with Gasteiger partial charge in [0.1, 0.15) is 23.8 Å². The molecule has 0 bridgehead atoms. The number of rotatable bonds is 11. The molecule has 3 aliphatic heterocycles. The summed E-state index contributed by atoms with van der Waals surface area (Å²) in [6.45, 7) is 14.0. The van der Waals surface area contributed by atoms with E-state index in [9.17, 15) is 23.3 Å². The number of nitro benzene ring substituents is 1. The molecule has 67 heavy (non-hydrogen) atoms. The number of piperidine rings is 1. The number of fused-ring (bicyclic) bond motifs is 2. The summed E-state index contributed by atoms with van der Waals surface area (Å²) in [7, 11) is -4.64. The van der Waals surface area contributed by atoms with Crippen molar-refractivity contribution in [2.75, 3.05) is 36.5 Å². The van der Waals surface area contributed by atoms with E-state index in [0.29, 0.717) is 40.5 Å². The van der Waals surface area contributed by atoms with Crippen molar-refractivity contribution in [3.8, 4) is 17.2 Å². The second-order valence-corrected chi connectivity index (χ2v) is 22.8. The number of H-pyrrole nitrogens is 1. The zero-order valence-electron chi connectivity index (χ0n) is 39.3. The number of pyridine rings is 1. The van der Waals surface area contributed by atoms with E-state index >= 15 is 0 Å². The molecule has 3 N–H and O–H groups in total. The van der Waals surface area contributed by atoms with Crippen molar-refractivity contribution in [2.24, 2.45) is 16.7 Å². The van der Waals surface area contributed by atoms with Gasteiger partial charge in [-0.3, -0.25) is 19.8 Å². The Bertz CT molecular complexity index is 2820. The molecule has 2 saturated heterocycles. The van der Waals surface area contributed by atoms with Crippen molar-refractivity contribution in [1.82, 2.24) is 19.6 Å². The van der Waals surface area contributed by atoms with Crippen LogP contribution in [0.5, 0.6) is 17.2 Å². The maximum atomic E-state index is 14.2. The number of nitro groups is 1. The van der Waals surface area contributed by atoms with Crippen molar-refractivity contribution in [3.05, 3.63) is 105 Å². The van der Waals surface area contributed by atoms with Gasteiger partial charge >= 0.3 is 0 Å². The minimum absolute atomic E-state index is 0.0145. The maximum Gasteiger partial charge on any atom is 0.297 e. The molecule has 2 atom stereocenters. The fourth-order valence-electron chi connectivity index (χ4n) is 11.8. The average molecular weight is 930 g/mol. The third-order valence-electron chi connectivity index (χ3n) is 15.9. The predicted octanol–water partition coefficient (Wildman–Crippen LogP) is 10.8. The van der Waals surface area contributed by atoms with Gasteiger partial charge in [0.15, 0.2) is 11.4 Å². The Labute approximate surface area is 393 Å². The Balaban J connectivity index is 0.866. The first-order chi connectivity index (χ1) is 32.1. The van der Waals surface area contributed by atoms with Crippen LogP contribution < -0.4 is 24.4 Å². The highest BCUT2D eigenvalue weighted by atomic mass is 32.2. The quantitative estimate of drug-likeness (QED) is 0.0850. The van der Waals surface area contributed by atoms with Gasteiger partial charge in [0.2, 0.25) is 0 Å². The van der Waals surface area contributed by atoms with E-state index in [-0.39, 0.29) is 46.7 Å². The van der Waals surface area contributed by atoms with Gasteiger partial charge in [-0.15, -0.1) is 0 Å². The van der Waals surface area contributed by atoms with Crippen LogP contribution in [0.2, 0.25) is 0 Å². The number of amides is 1. The monoisotopic (exact) mass is 929 g/mol. The number of nitrogens with one attached hydrogen (secondary N) is 3. The number of sulfonamides is 1. The number of nitrogens with zero attached hydrogens (tertiary/aromatic N) is 4. The Morgan fingerprint density at radius 3 is 2.48 bits per heavy atom. The molecule has 0 radical (unpaired) electrons. The molecule has 2 aliphatic carbocycles. The lowest BCUT2D eigenvalue weighted by molar-refractivity contribution is -0.384. The van der Waals surface area contributed by atoms with Crippen LogP contribution in [-0.2, 0) is 10.0 Å². The topological polar surface area (TPSA) is 172 Å². The van der Waals surface area contributed by atoms with E-state index in [2.05, 4.69) is 81.8 Å². The van der Waals surface area contributed by atoms with Gasteiger partial charge in [0.25, 0.3) is 21.6 Å². The van der Waals surface area contributed by atoms with E-state index in [0.717, 1.165) is 75.3 Å². The molecule has 14 nitrogen and oxygen atoms in total. The van der Waals surface area contributed by atoms with E-state index < -0.39 is 31.4 Å². The smallest absolute Gasteiger partial charge is 0.297 e. The summed E-state index contributed by atoms with van der Waals surface area (Å²) in [4.78, 5) is 38.5. The number of likely N-dealkylation sites (tertiary alicyclic amines) is 1. The lowest BCUT2D eigenvalue weighted by Crippen LogP contribution is -2.54. The maximum absolute atomic E-state index is 14.2. The highest BCUT2D eigenvalue weighted by Gasteiger charge is 2.50. The number of carbonyl (C=O) groups excluding carboxylic acids is 1. The summed E-state index contributed by atoms with van der Waals surface area (Å²) in [6, 6.07) is 21.1. The number of aryl methyl sites for hydroxylation is 1. The predicted molar refractivity (Wildman–Crippen MR) is 260 cm³/mol. The standard InChI is InChI=1S/C52H63N7O7S/c1-32(2)39-9-6-7-10-40(39)43-11-8-22-58(43)37-29-52(30-37)19-23-57(24-20-52)36-12-13-41(46(26-36)66-45-25-35-16-21-53-49(35)54-33(45)3)50(60)56-67(63,64)38-27-44(59(61)62)48-47(28-38)65-31-42(55-48)34-14-17-51(4,5)18-15-34/h6-7,9-10,12-13,16,21,25-28,32,34,37,42-43,55H,8,11,14-15,17-20,22-24,29-31H2,1-5H3,(H,53,54)(H,56,60)/t42-,43-/m1/s1. The fraction of sp³-hybridized carbons (Fsp3) is 0.500. The number of carbonyl (C=O) groups is 1. The third-order valence-corrected chi connectivity index (χ3v) is 17.2. The van der Waals surface area contributed by atoms with Crippen molar-refractivity contribution >= 4 is 44.0 Å². The lowest BCUT2D eigenvalue weighted by Gasteiger charge is -2.56. The second kappa shape index (κ2) is 17.4. The van der Waals surface area contributed by atoms with Crippen LogP contribution in [-0.4, -0.2) is 72.4 Å². The van der Waals surface area contributed by atoms with Gasteiger partial charge in [-0.25, -0.2) is 18.1 Å². The molecule has 15 heteroatoms. The third kappa shape index (κ3) is 8.85. The average Bonchev–Trinajstić information content (AvgIpc) is 3.97. The molecule has 354 valence electrons. The SMILES string of the molecule is Cc1nc2[nH]ccc2cc1Oc1cc(N2CCC3(CC2)CC(N2CCC[C@@H]2c2ccccc2C(C)C)C3)ccc1C(=O)NS(=O)(=O)c1cc2c(c([N+](=O)[O-])c1)N[C@@H](C1CCC(C)(C)CC1)CO2. The minimum atomic E-state index is -4.64. The van der Waals surface area contributed by atoms with E-state index in [4.69, 9.17) is 9.47 Å². The first kappa shape index (κ1) is 45.1. The van der Waals surface area contributed by atoms with Crippen LogP contribution in [0.3, 0.4) is 0 Å². The van der Waals surface area contributed by atoms with Crippen molar-refractivity contribution < 1.29 is 27.6 Å². The Hall–Kier alpha value is -5.67. The highest BCUT2D eigenvalue weighted by Crippen LogP contribution is 2.54. The van der Waals surface area contributed by atoms with E-state index in [1.54, 1.807) is 18.3 Å². The molecule has 2 saturated carbocycles. The fourth-order valence-corrected chi connectivity index (χ4v) is 12.8. The van der Waals surface area contributed by atoms with Crippen LogP contribution >= 0.6 is 0 Å². The first-order valence-electron chi connectivity index (χ1n) is 24.2. The van der Waals surface area contributed by atoms with E-state index in [1.807, 2.05) is 25.1 Å². The van der Waals surface area contributed by atoms with Gasteiger partial charge in [-0.05, 0) is 136 Å². The Kier molecular flexibility index (Phi) is 11.8. The van der Waals surface area contributed by atoms with Crippen LogP contribution in [0, 0.1) is 33.8 Å². The normalized spacial score (nSPS) is 22.0. The number of ether oxygens (including phenoxy) is 2.